The minimum Gasteiger partial charge on any atom is -0.368 e. The van der Waals surface area contributed by atoms with Crippen molar-refractivity contribution in [3.63, 3.8) is 0 Å². The van der Waals surface area contributed by atoms with Gasteiger partial charge in [0.2, 0.25) is 0 Å². The highest BCUT2D eigenvalue weighted by atomic mass is 15.3. The Labute approximate surface area is 137 Å². The number of aromatic nitrogens is 3. The molecule has 2 aromatic heterocycles. The van der Waals surface area contributed by atoms with Gasteiger partial charge in [-0.25, -0.2) is 15.0 Å². The molecule has 6 nitrogen and oxygen atoms in total. The van der Waals surface area contributed by atoms with Crippen LogP contribution in [0.3, 0.4) is 0 Å². The summed E-state index contributed by atoms with van der Waals surface area (Å²) in [6.07, 6.45) is 2.72. The van der Waals surface area contributed by atoms with Gasteiger partial charge in [-0.05, 0) is 38.6 Å². The van der Waals surface area contributed by atoms with Gasteiger partial charge in [-0.15, -0.1) is 0 Å². The van der Waals surface area contributed by atoms with Crippen molar-refractivity contribution in [1.82, 2.24) is 24.8 Å². The molecule has 1 saturated heterocycles. The Morgan fingerprint density at radius 3 is 2.65 bits per heavy atom. The number of likely N-dealkylation sites (N-methyl/N-ethyl adjacent to an activating group) is 1. The van der Waals surface area contributed by atoms with Crippen molar-refractivity contribution in [3.05, 3.63) is 24.2 Å². The fraction of sp³-hybridized carbons (Fsp3) is 0.588. The maximum Gasteiger partial charge on any atom is 0.156 e. The summed E-state index contributed by atoms with van der Waals surface area (Å²) in [5.74, 6) is 0.842. The molecule has 1 fully saturated rings. The average molecular weight is 314 g/mol. The van der Waals surface area contributed by atoms with Gasteiger partial charge in [-0.2, -0.15) is 0 Å². The lowest BCUT2D eigenvalue weighted by atomic mass is 10.3. The molecule has 0 amide bonds. The fourth-order valence-corrected chi connectivity index (χ4v) is 3.01. The van der Waals surface area contributed by atoms with Crippen molar-refractivity contribution in [2.24, 2.45) is 0 Å². The molecule has 6 heteroatoms. The Morgan fingerprint density at radius 2 is 1.87 bits per heavy atom. The number of hydrogen-bond acceptors (Lipinski definition) is 6. The first-order chi connectivity index (χ1) is 11.3. The molecule has 2 aromatic rings. The predicted octanol–water partition coefficient (Wildman–Crippen LogP) is 1.77. The van der Waals surface area contributed by atoms with Crippen LogP contribution in [0, 0.1) is 6.92 Å². The van der Waals surface area contributed by atoms with Crippen LogP contribution in [0.15, 0.2) is 18.5 Å². The molecule has 3 rings (SSSR count). The van der Waals surface area contributed by atoms with Gasteiger partial charge in [0.15, 0.2) is 5.82 Å². The molecular formula is C17H26N6. The summed E-state index contributed by atoms with van der Waals surface area (Å²) in [6.45, 7) is 12.2. The summed E-state index contributed by atoms with van der Waals surface area (Å²) in [4.78, 5) is 18.2. The highest BCUT2D eigenvalue weighted by Crippen LogP contribution is 2.16. The first-order valence-corrected chi connectivity index (χ1v) is 8.53. The van der Waals surface area contributed by atoms with Crippen LogP contribution in [-0.2, 0) is 0 Å². The Balaban J connectivity index is 1.49. The Hall–Kier alpha value is -1.79. The molecule has 0 atom stereocenters. The fourth-order valence-electron chi connectivity index (χ4n) is 3.01. The summed E-state index contributed by atoms with van der Waals surface area (Å²) >= 11 is 0. The van der Waals surface area contributed by atoms with Crippen molar-refractivity contribution >= 4 is 16.9 Å². The third-order valence-electron chi connectivity index (χ3n) is 4.48. The van der Waals surface area contributed by atoms with Gasteiger partial charge in [0.05, 0.1) is 5.52 Å². The van der Waals surface area contributed by atoms with E-state index in [1.54, 1.807) is 6.33 Å². The van der Waals surface area contributed by atoms with Crippen LogP contribution in [0.1, 0.15) is 19.0 Å². The van der Waals surface area contributed by atoms with Crippen molar-refractivity contribution in [1.29, 1.82) is 0 Å². The molecule has 124 valence electrons. The monoisotopic (exact) mass is 314 g/mol. The molecule has 0 radical (unpaired) electrons. The Morgan fingerprint density at radius 1 is 1.09 bits per heavy atom. The molecule has 0 aliphatic carbocycles. The van der Waals surface area contributed by atoms with Gasteiger partial charge >= 0.3 is 0 Å². The highest BCUT2D eigenvalue weighted by molar-refractivity contribution is 5.84. The Bertz CT molecular complexity index is 636. The molecule has 0 saturated carbocycles. The van der Waals surface area contributed by atoms with E-state index in [1.807, 2.05) is 19.1 Å². The van der Waals surface area contributed by atoms with Gasteiger partial charge in [-0.3, -0.25) is 0 Å². The zero-order valence-corrected chi connectivity index (χ0v) is 14.1. The summed E-state index contributed by atoms with van der Waals surface area (Å²) in [6, 6.07) is 3.98. The topological polar surface area (TPSA) is 57.2 Å². The molecular weight excluding hydrogens is 288 g/mol. The van der Waals surface area contributed by atoms with Crippen LogP contribution in [0.4, 0.5) is 5.82 Å². The lowest BCUT2D eigenvalue weighted by Gasteiger charge is -2.33. The molecule has 0 spiro atoms. The van der Waals surface area contributed by atoms with Gasteiger partial charge < -0.3 is 15.1 Å². The lowest BCUT2D eigenvalue weighted by Crippen LogP contribution is -2.46. The van der Waals surface area contributed by atoms with Crippen molar-refractivity contribution in [3.8, 4) is 0 Å². The number of anilines is 1. The largest absolute Gasteiger partial charge is 0.368 e. The molecule has 1 aliphatic rings. The number of nitrogens with one attached hydrogen (secondary N) is 1. The van der Waals surface area contributed by atoms with Crippen LogP contribution < -0.4 is 5.32 Å². The molecule has 0 unspecified atom stereocenters. The van der Waals surface area contributed by atoms with Crippen molar-refractivity contribution < 1.29 is 0 Å². The number of aryl methyl sites for hydroxylation is 1. The second kappa shape index (κ2) is 7.66. The third kappa shape index (κ3) is 4.14. The minimum atomic E-state index is 0.842. The summed E-state index contributed by atoms with van der Waals surface area (Å²) < 4.78 is 0. The summed E-state index contributed by atoms with van der Waals surface area (Å²) in [7, 11) is 0. The Kier molecular flexibility index (Phi) is 5.35. The lowest BCUT2D eigenvalue weighted by molar-refractivity contribution is 0.137. The average Bonchev–Trinajstić information content (AvgIpc) is 2.59. The van der Waals surface area contributed by atoms with E-state index in [0.29, 0.717) is 0 Å². The van der Waals surface area contributed by atoms with E-state index in [4.69, 9.17) is 0 Å². The minimum absolute atomic E-state index is 0.842. The zero-order valence-electron chi connectivity index (χ0n) is 14.1. The third-order valence-corrected chi connectivity index (χ3v) is 4.48. The molecule has 0 aromatic carbocycles. The van der Waals surface area contributed by atoms with E-state index in [0.717, 1.165) is 42.1 Å². The first-order valence-electron chi connectivity index (χ1n) is 8.53. The number of fused-ring (bicyclic) bond motifs is 1. The van der Waals surface area contributed by atoms with E-state index < -0.39 is 0 Å². The summed E-state index contributed by atoms with van der Waals surface area (Å²) in [5, 5.41) is 3.42. The van der Waals surface area contributed by atoms with Gasteiger partial charge in [0.1, 0.15) is 11.8 Å². The van der Waals surface area contributed by atoms with Crippen molar-refractivity contribution in [2.45, 2.75) is 20.3 Å². The van der Waals surface area contributed by atoms with E-state index in [9.17, 15) is 0 Å². The van der Waals surface area contributed by atoms with Gasteiger partial charge in [0, 0.05) is 38.4 Å². The van der Waals surface area contributed by atoms with Gasteiger partial charge in [0.25, 0.3) is 0 Å². The molecule has 1 aliphatic heterocycles. The molecule has 23 heavy (non-hydrogen) atoms. The molecule has 1 N–H and O–H groups in total. The zero-order chi connectivity index (χ0) is 16.1. The first kappa shape index (κ1) is 16.1. The van der Waals surface area contributed by atoms with Crippen LogP contribution >= 0.6 is 0 Å². The van der Waals surface area contributed by atoms with E-state index in [1.165, 1.54) is 32.7 Å². The second-order valence-corrected chi connectivity index (χ2v) is 6.10. The van der Waals surface area contributed by atoms with E-state index in [-0.39, 0.29) is 0 Å². The van der Waals surface area contributed by atoms with E-state index in [2.05, 4.69) is 37.0 Å². The molecule has 3 heterocycles. The normalized spacial score (nSPS) is 16.8. The van der Waals surface area contributed by atoms with Crippen LogP contribution in [0.25, 0.3) is 11.0 Å². The quantitative estimate of drug-likeness (QED) is 0.820. The van der Waals surface area contributed by atoms with Gasteiger partial charge in [-0.1, -0.05) is 6.92 Å². The standard InChI is InChI=1S/C17H26N6/c1-3-22-9-11-23(12-10-22)8-4-7-18-17-16-15(19-13-20-17)6-5-14(2)21-16/h5-6,13H,3-4,7-12H2,1-2H3,(H,18,19,20). The van der Waals surface area contributed by atoms with Crippen LogP contribution in [0.5, 0.6) is 0 Å². The number of pyridine rings is 1. The SMILES string of the molecule is CCN1CCN(CCCNc2ncnc3ccc(C)nc23)CC1. The molecule has 0 bridgehead atoms. The number of hydrogen-bond donors (Lipinski definition) is 1. The highest BCUT2D eigenvalue weighted by Gasteiger charge is 2.14. The van der Waals surface area contributed by atoms with Crippen LogP contribution in [0.2, 0.25) is 0 Å². The number of nitrogens with zero attached hydrogens (tertiary/aromatic N) is 5. The smallest absolute Gasteiger partial charge is 0.156 e. The predicted molar refractivity (Wildman–Crippen MR) is 93.7 cm³/mol. The van der Waals surface area contributed by atoms with E-state index >= 15 is 0 Å². The maximum absolute atomic E-state index is 4.56. The number of piperazine rings is 1. The number of rotatable bonds is 6. The second-order valence-electron chi connectivity index (χ2n) is 6.10. The maximum atomic E-state index is 4.56. The summed E-state index contributed by atoms with van der Waals surface area (Å²) in [5.41, 5.74) is 2.75. The van der Waals surface area contributed by atoms with Crippen LogP contribution in [-0.4, -0.2) is 70.6 Å². The van der Waals surface area contributed by atoms with Crippen molar-refractivity contribution in [2.75, 3.05) is 51.1 Å².